The van der Waals surface area contributed by atoms with Crippen molar-refractivity contribution in [1.82, 2.24) is 0 Å². The maximum absolute atomic E-state index is 13.0. The van der Waals surface area contributed by atoms with Crippen LogP contribution in [0.2, 0.25) is 0 Å². The minimum absolute atomic E-state index is 0.0562. The number of hydrogen-bond acceptors (Lipinski definition) is 3. The second-order valence-corrected chi connectivity index (χ2v) is 6.01. The highest BCUT2D eigenvalue weighted by Gasteiger charge is 2.12. The molecule has 0 bridgehead atoms. The van der Waals surface area contributed by atoms with Crippen molar-refractivity contribution < 1.29 is 17.5 Å². The van der Waals surface area contributed by atoms with E-state index in [1.165, 1.54) is 30.3 Å². The fourth-order valence-corrected chi connectivity index (χ4v) is 2.62. The topological polar surface area (TPSA) is 69.4 Å². The molecule has 2 rings (SSSR count). The van der Waals surface area contributed by atoms with E-state index < -0.39 is 10.0 Å². The lowest BCUT2D eigenvalue weighted by Crippen LogP contribution is -2.13. The van der Waals surface area contributed by atoms with Crippen LogP contribution in [0.3, 0.4) is 0 Å². The smallest absolute Gasteiger partial charge is 0.238 e. The molecule has 0 radical (unpaired) electrons. The highest BCUT2D eigenvalue weighted by Crippen LogP contribution is 2.27. The minimum Gasteiger partial charge on any atom is -0.457 e. The van der Waals surface area contributed by atoms with Gasteiger partial charge in [-0.1, -0.05) is 0 Å². The third-order valence-electron chi connectivity index (χ3n) is 2.82. The van der Waals surface area contributed by atoms with Crippen LogP contribution < -0.4 is 9.88 Å². The first-order chi connectivity index (χ1) is 9.27. The van der Waals surface area contributed by atoms with Gasteiger partial charge in [-0.2, -0.15) is 0 Å². The number of rotatable bonds is 3. The Balaban J connectivity index is 2.34. The zero-order valence-corrected chi connectivity index (χ0v) is 11.9. The van der Waals surface area contributed by atoms with Gasteiger partial charge in [0.25, 0.3) is 0 Å². The van der Waals surface area contributed by atoms with Crippen LogP contribution in [0.1, 0.15) is 11.1 Å². The van der Waals surface area contributed by atoms with Crippen molar-refractivity contribution in [3.63, 3.8) is 0 Å². The van der Waals surface area contributed by atoms with E-state index in [4.69, 9.17) is 9.88 Å². The van der Waals surface area contributed by atoms with E-state index in [0.717, 1.165) is 0 Å². The van der Waals surface area contributed by atoms with Gasteiger partial charge in [-0.3, -0.25) is 0 Å². The van der Waals surface area contributed by atoms with Gasteiger partial charge >= 0.3 is 0 Å². The largest absolute Gasteiger partial charge is 0.457 e. The number of halogens is 1. The van der Waals surface area contributed by atoms with Crippen molar-refractivity contribution in [3.8, 4) is 11.5 Å². The van der Waals surface area contributed by atoms with Crippen LogP contribution in [0.4, 0.5) is 4.39 Å². The van der Waals surface area contributed by atoms with Crippen LogP contribution in [-0.2, 0) is 10.0 Å². The van der Waals surface area contributed by atoms with Crippen LogP contribution in [0.15, 0.2) is 41.3 Å². The summed E-state index contributed by atoms with van der Waals surface area (Å²) in [7, 11) is -3.74. The van der Waals surface area contributed by atoms with E-state index in [9.17, 15) is 12.8 Å². The summed E-state index contributed by atoms with van der Waals surface area (Å²) < 4.78 is 41.2. The van der Waals surface area contributed by atoms with Gasteiger partial charge in [0, 0.05) is 0 Å². The predicted molar refractivity (Wildman–Crippen MR) is 73.8 cm³/mol. The van der Waals surface area contributed by atoms with Crippen molar-refractivity contribution in [2.45, 2.75) is 18.7 Å². The highest BCUT2D eigenvalue weighted by atomic mass is 32.2. The Kier molecular flexibility index (Phi) is 3.78. The first-order valence-electron chi connectivity index (χ1n) is 5.85. The number of ether oxygens (including phenoxy) is 1. The summed E-state index contributed by atoms with van der Waals surface area (Å²) in [6.45, 7) is 3.36. The molecule has 2 aromatic carbocycles. The van der Waals surface area contributed by atoms with Crippen LogP contribution in [0.25, 0.3) is 0 Å². The average Bonchev–Trinajstić information content (AvgIpc) is 2.31. The fraction of sp³-hybridized carbons (Fsp3) is 0.143. The number of aryl methyl sites for hydroxylation is 2. The lowest BCUT2D eigenvalue weighted by molar-refractivity contribution is 0.475. The molecule has 106 valence electrons. The Hall–Kier alpha value is -1.92. The lowest BCUT2D eigenvalue weighted by Gasteiger charge is -2.10. The molecule has 0 aliphatic heterocycles. The molecule has 0 spiro atoms. The van der Waals surface area contributed by atoms with Gasteiger partial charge in [0.05, 0.1) is 4.90 Å². The van der Waals surface area contributed by atoms with Crippen LogP contribution in [0.5, 0.6) is 11.5 Å². The Morgan fingerprint density at radius 1 is 1.05 bits per heavy atom. The Morgan fingerprint density at radius 2 is 1.75 bits per heavy atom. The summed E-state index contributed by atoms with van der Waals surface area (Å²) in [5.41, 5.74) is 1.14. The quantitative estimate of drug-likeness (QED) is 0.946. The molecule has 20 heavy (non-hydrogen) atoms. The molecule has 2 aromatic rings. The summed E-state index contributed by atoms with van der Waals surface area (Å²) in [4.78, 5) is 0.0562. The standard InChI is InChI=1S/C14H14FNO3S/c1-9-7-11(15)3-5-13(9)19-12-4-6-14(10(2)8-12)20(16,17)18/h3-8H,1-2H3,(H2,16,17,18). The molecule has 0 fully saturated rings. The second-order valence-electron chi connectivity index (χ2n) is 4.48. The molecule has 0 aliphatic carbocycles. The predicted octanol–water partition coefficient (Wildman–Crippen LogP) is 2.88. The zero-order chi connectivity index (χ0) is 14.9. The third kappa shape index (κ3) is 3.15. The van der Waals surface area contributed by atoms with Gasteiger partial charge in [-0.05, 0) is 61.4 Å². The summed E-state index contributed by atoms with van der Waals surface area (Å²) >= 11 is 0. The second kappa shape index (κ2) is 5.22. The summed E-state index contributed by atoms with van der Waals surface area (Å²) in [6.07, 6.45) is 0. The fourth-order valence-electron chi connectivity index (χ4n) is 1.86. The molecule has 0 heterocycles. The number of nitrogens with two attached hydrogens (primary N) is 1. The summed E-state index contributed by atoms with van der Waals surface area (Å²) in [5.74, 6) is 0.634. The molecule has 2 N–H and O–H groups in total. The monoisotopic (exact) mass is 295 g/mol. The van der Waals surface area contributed by atoms with Crippen LogP contribution >= 0.6 is 0 Å². The van der Waals surface area contributed by atoms with Gasteiger partial charge in [0.15, 0.2) is 0 Å². The first kappa shape index (κ1) is 14.5. The maximum atomic E-state index is 13.0. The van der Waals surface area contributed by atoms with Gasteiger partial charge in [0.2, 0.25) is 10.0 Å². The molecular weight excluding hydrogens is 281 g/mol. The van der Waals surface area contributed by atoms with E-state index in [0.29, 0.717) is 22.6 Å². The number of primary sulfonamides is 1. The van der Waals surface area contributed by atoms with Crippen LogP contribution in [-0.4, -0.2) is 8.42 Å². The SMILES string of the molecule is Cc1cc(F)ccc1Oc1ccc(S(N)(=O)=O)c(C)c1. The van der Waals surface area contributed by atoms with E-state index in [1.807, 2.05) is 0 Å². The molecule has 0 saturated carbocycles. The van der Waals surface area contributed by atoms with Crippen molar-refractivity contribution >= 4 is 10.0 Å². The van der Waals surface area contributed by atoms with E-state index in [1.54, 1.807) is 19.9 Å². The number of sulfonamides is 1. The average molecular weight is 295 g/mol. The van der Waals surface area contributed by atoms with E-state index in [2.05, 4.69) is 0 Å². The van der Waals surface area contributed by atoms with Gasteiger partial charge in [-0.25, -0.2) is 17.9 Å². The minimum atomic E-state index is -3.74. The summed E-state index contributed by atoms with van der Waals surface area (Å²) in [5, 5.41) is 5.09. The Bertz CT molecular complexity index is 757. The Labute approximate surface area is 117 Å². The van der Waals surface area contributed by atoms with Gasteiger partial charge in [0.1, 0.15) is 17.3 Å². The normalized spacial score (nSPS) is 11.4. The molecule has 0 amide bonds. The zero-order valence-electron chi connectivity index (χ0n) is 11.1. The van der Waals surface area contributed by atoms with Gasteiger partial charge in [-0.15, -0.1) is 0 Å². The van der Waals surface area contributed by atoms with Crippen LogP contribution in [0, 0.1) is 19.7 Å². The first-order valence-corrected chi connectivity index (χ1v) is 7.39. The summed E-state index contributed by atoms with van der Waals surface area (Å²) in [6, 6.07) is 8.65. The van der Waals surface area contributed by atoms with Crippen molar-refractivity contribution in [3.05, 3.63) is 53.3 Å². The number of hydrogen-bond donors (Lipinski definition) is 1. The van der Waals surface area contributed by atoms with Gasteiger partial charge < -0.3 is 4.74 Å². The molecule has 0 atom stereocenters. The number of benzene rings is 2. The van der Waals surface area contributed by atoms with Crippen molar-refractivity contribution in [2.24, 2.45) is 5.14 Å². The van der Waals surface area contributed by atoms with Crippen molar-refractivity contribution in [1.29, 1.82) is 0 Å². The Morgan fingerprint density at radius 3 is 2.30 bits per heavy atom. The van der Waals surface area contributed by atoms with E-state index in [-0.39, 0.29) is 10.7 Å². The lowest BCUT2D eigenvalue weighted by atomic mass is 10.2. The molecule has 4 nitrogen and oxygen atoms in total. The third-order valence-corrected chi connectivity index (χ3v) is 3.89. The molecular formula is C14H14FNO3S. The van der Waals surface area contributed by atoms with E-state index >= 15 is 0 Å². The molecule has 6 heteroatoms. The maximum Gasteiger partial charge on any atom is 0.238 e. The molecule has 0 unspecified atom stereocenters. The molecule has 0 saturated heterocycles. The highest BCUT2D eigenvalue weighted by molar-refractivity contribution is 7.89. The molecule has 0 aliphatic rings. The molecule has 0 aromatic heterocycles. The van der Waals surface area contributed by atoms with Crippen molar-refractivity contribution in [2.75, 3.05) is 0 Å².